The highest BCUT2D eigenvalue weighted by atomic mass is 35.5. The van der Waals surface area contributed by atoms with Gasteiger partial charge in [0.15, 0.2) is 5.96 Å². The number of nitrogens with zero attached hydrogens (tertiary/aromatic N) is 4. The average molecular weight is 399 g/mol. The minimum atomic E-state index is -2.90. The molecule has 27 heavy (non-hydrogen) atoms. The third-order valence-electron chi connectivity index (χ3n) is 4.21. The maximum absolute atomic E-state index is 12.6. The van der Waals surface area contributed by atoms with Crippen molar-refractivity contribution in [2.24, 2.45) is 4.99 Å². The summed E-state index contributed by atoms with van der Waals surface area (Å²) in [6.07, 6.45) is 1.73. The number of aryl methyl sites for hydroxylation is 2. The summed E-state index contributed by atoms with van der Waals surface area (Å²) >= 11 is 5.98. The van der Waals surface area contributed by atoms with Gasteiger partial charge in [-0.3, -0.25) is 4.99 Å². The molecule has 0 saturated carbocycles. The van der Waals surface area contributed by atoms with Gasteiger partial charge in [0, 0.05) is 36.6 Å². The Morgan fingerprint density at radius 1 is 1.48 bits per heavy atom. The lowest BCUT2D eigenvalue weighted by Crippen LogP contribution is -2.46. The molecular formula is C17H21ClF2N6O. The fourth-order valence-corrected chi connectivity index (χ4v) is 3.21. The van der Waals surface area contributed by atoms with Crippen LogP contribution in [-0.4, -0.2) is 40.4 Å². The normalized spacial score (nSPS) is 17.0. The van der Waals surface area contributed by atoms with Gasteiger partial charge in [0.25, 0.3) is 0 Å². The highest BCUT2D eigenvalue weighted by molar-refractivity contribution is 6.30. The zero-order valence-corrected chi connectivity index (χ0v) is 15.8. The van der Waals surface area contributed by atoms with Crippen molar-refractivity contribution in [1.82, 2.24) is 25.4 Å². The molecule has 2 heterocycles. The Morgan fingerprint density at radius 2 is 2.30 bits per heavy atom. The molecule has 1 aromatic carbocycles. The van der Waals surface area contributed by atoms with E-state index in [-0.39, 0.29) is 18.3 Å². The number of halogens is 3. The minimum absolute atomic E-state index is 0.0813. The van der Waals surface area contributed by atoms with E-state index in [1.54, 1.807) is 13.1 Å². The fourth-order valence-electron chi connectivity index (χ4n) is 3.02. The Kier molecular flexibility index (Phi) is 6.10. The summed E-state index contributed by atoms with van der Waals surface area (Å²) in [7, 11) is 1.65. The first-order chi connectivity index (χ1) is 12.9. The van der Waals surface area contributed by atoms with Crippen LogP contribution in [0.2, 0.25) is 5.02 Å². The highest BCUT2D eigenvalue weighted by Gasteiger charge is 2.21. The van der Waals surface area contributed by atoms with Crippen LogP contribution in [0.1, 0.15) is 23.6 Å². The average Bonchev–Trinajstić information content (AvgIpc) is 2.99. The van der Waals surface area contributed by atoms with Crippen LogP contribution in [0.15, 0.2) is 23.2 Å². The van der Waals surface area contributed by atoms with Crippen molar-refractivity contribution in [2.75, 3.05) is 7.05 Å². The number of rotatable bonds is 5. The van der Waals surface area contributed by atoms with Gasteiger partial charge in [-0.15, -0.1) is 0 Å². The van der Waals surface area contributed by atoms with Crippen LogP contribution < -0.4 is 15.4 Å². The Bertz CT molecular complexity index is 826. The summed E-state index contributed by atoms with van der Waals surface area (Å²) in [5.41, 5.74) is 0.517. The number of fused-ring (bicyclic) bond motifs is 1. The zero-order chi connectivity index (χ0) is 19.4. The molecule has 0 amide bonds. The predicted molar refractivity (Wildman–Crippen MR) is 98.3 cm³/mol. The van der Waals surface area contributed by atoms with Gasteiger partial charge < -0.3 is 15.4 Å². The van der Waals surface area contributed by atoms with Crippen molar-refractivity contribution < 1.29 is 13.5 Å². The van der Waals surface area contributed by atoms with Crippen LogP contribution in [-0.2, 0) is 19.5 Å². The molecule has 0 bridgehead atoms. The predicted octanol–water partition coefficient (Wildman–Crippen LogP) is 2.52. The first-order valence-electron chi connectivity index (χ1n) is 8.55. The Balaban J connectivity index is 1.61. The summed E-state index contributed by atoms with van der Waals surface area (Å²) in [6, 6.07) is 4.67. The van der Waals surface area contributed by atoms with Crippen molar-refractivity contribution in [3.63, 3.8) is 0 Å². The lowest BCUT2D eigenvalue weighted by Gasteiger charge is -2.25. The Morgan fingerprint density at radius 3 is 3.04 bits per heavy atom. The molecule has 7 nitrogen and oxygen atoms in total. The van der Waals surface area contributed by atoms with Crippen LogP contribution in [0.3, 0.4) is 0 Å². The number of hydrogen-bond donors (Lipinski definition) is 2. The zero-order valence-electron chi connectivity index (χ0n) is 15.0. The van der Waals surface area contributed by atoms with Gasteiger partial charge in [-0.1, -0.05) is 11.6 Å². The van der Waals surface area contributed by atoms with E-state index in [2.05, 4.69) is 30.4 Å². The first-order valence-corrected chi connectivity index (χ1v) is 8.93. The van der Waals surface area contributed by atoms with Gasteiger partial charge in [0.1, 0.15) is 17.4 Å². The van der Waals surface area contributed by atoms with E-state index in [4.69, 9.17) is 11.6 Å². The van der Waals surface area contributed by atoms with E-state index >= 15 is 0 Å². The number of nitrogens with one attached hydrogen (secondary N) is 2. The van der Waals surface area contributed by atoms with Crippen molar-refractivity contribution in [3.05, 3.63) is 40.4 Å². The quantitative estimate of drug-likeness (QED) is 0.598. The molecule has 1 unspecified atom stereocenters. The van der Waals surface area contributed by atoms with Crippen molar-refractivity contribution in [3.8, 4) is 5.75 Å². The molecule has 1 aliphatic rings. The van der Waals surface area contributed by atoms with E-state index in [9.17, 15) is 8.78 Å². The van der Waals surface area contributed by atoms with Gasteiger partial charge in [-0.2, -0.15) is 13.9 Å². The molecule has 0 radical (unpaired) electrons. The first kappa shape index (κ1) is 19.3. The van der Waals surface area contributed by atoms with Gasteiger partial charge >= 0.3 is 6.61 Å². The van der Waals surface area contributed by atoms with E-state index in [1.165, 1.54) is 12.1 Å². The molecule has 146 valence electrons. The second kappa shape index (κ2) is 8.51. The van der Waals surface area contributed by atoms with E-state index in [0.29, 0.717) is 23.1 Å². The van der Waals surface area contributed by atoms with Gasteiger partial charge in [-0.05, 0) is 31.5 Å². The number of alkyl halides is 2. The lowest BCUT2D eigenvalue weighted by molar-refractivity contribution is -0.0504. The number of hydrogen-bond acceptors (Lipinski definition) is 4. The monoisotopic (exact) mass is 398 g/mol. The number of ether oxygens (including phenoxy) is 1. The molecule has 1 atom stereocenters. The second-order valence-electron chi connectivity index (χ2n) is 6.19. The second-order valence-corrected chi connectivity index (χ2v) is 6.63. The molecule has 0 fully saturated rings. The number of benzene rings is 1. The molecule has 2 aromatic rings. The molecule has 2 N–H and O–H groups in total. The van der Waals surface area contributed by atoms with E-state index < -0.39 is 6.61 Å². The maximum atomic E-state index is 12.6. The molecule has 10 heteroatoms. The topological polar surface area (TPSA) is 76.4 Å². The number of aromatic nitrogens is 3. The summed E-state index contributed by atoms with van der Waals surface area (Å²) in [4.78, 5) is 8.59. The Hall–Kier alpha value is -2.42. The number of aliphatic imine (C=N–C) groups is 1. The molecule has 1 aliphatic heterocycles. The van der Waals surface area contributed by atoms with Crippen molar-refractivity contribution in [2.45, 2.75) is 45.5 Å². The molecule has 0 saturated heterocycles. The molecule has 0 aliphatic carbocycles. The smallest absolute Gasteiger partial charge is 0.387 e. The van der Waals surface area contributed by atoms with Crippen LogP contribution >= 0.6 is 11.6 Å². The highest BCUT2D eigenvalue weighted by Crippen LogP contribution is 2.24. The van der Waals surface area contributed by atoms with Crippen LogP contribution in [0.25, 0.3) is 0 Å². The molecule has 1 aromatic heterocycles. The summed E-state index contributed by atoms with van der Waals surface area (Å²) in [6.45, 7) is -0.0979. The summed E-state index contributed by atoms with van der Waals surface area (Å²) < 4.78 is 31.6. The molecular weight excluding hydrogens is 378 g/mol. The minimum Gasteiger partial charge on any atom is -0.434 e. The largest absolute Gasteiger partial charge is 0.434 e. The van der Waals surface area contributed by atoms with Crippen LogP contribution in [0.5, 0.6) is 5.75 Å². The summed E-state index contributed by atoms with van der Waals surface area (Å²) in [5.74, 6) is 2.39. The molecule has 3 rings (SSSR count). The van der Waals surface area contributed by atoms with E-state index in [1.807, 2.05) is 11.6 Å². The van der Waals surface area contributed by atoms with Gasteiger partial charge in [-0.25, -0.2) is 9.67 Å². The van der Waals surface area contributed by atoms with Crippen molar-refractivity contribution in [1.29, 1.82) is 0 Å². The SMILES string of the molecule is CN=C(NCc1cc(Cl)ccc1OC(F)F)NC1CCc2nc(C)nn2C1. The van der Waals surface area contributed by atoms with Gasteiger partial charge in [0.05, 0.1) is 6.54 Å². The Labute approximate surface area is 160 Å². The maximum Gasteiger partial charge on any atom is 0.387 e. The van der Waals surface area contributed by atoms with E-state index in [0.717, 1.165) is 24.5 Å². The van der Waals surface area contributed by atoms with Crippen LogP contribution in [0, 0.1) is 6.92 Å². The third kappa shape index (κ3) is 5.06. The van der Waals surface area contributed by atoms with Gasteiger partial charge in [0.2, 0.25) is 0 Å². The third-order valence-corrected chi connectivity index (χ3v) is 4.45. The van der Waals surface area contributed by atoms with Crippen molar-refractivity contribution >= 4 is 17.6 Å². The number of guanidine groups is 1. The molecule has 0 spiro atoms. The lowest BCUT2D eigenvalue weighted by atomic mass is 10.1. The summed E-state index contributed by atoms with van der Waals surface area (Å²) in [5, 5.41) is 11.3. The van der Waals surface area contributed by atoms with Crippen LogP contribution in [0.4, 0.5) is 8.78 Å². The fraction of sp³-hybridized carbons (Fsp3) is 0.471. The standard InChI is InChI=1S/C17H21ClF2N6O/c1-10-23-15-6-4-13(9-26(15)25-10)24-17(21-2)22-8-11-7-12(18)3-5-14(11)27-16(19)20/h3,5,7,13,16H,4,6,8-9H2,1-2H3,(H2,21,22,24).